The molecule has 32 heavy (non-hydrogen) atoms. The summed E-state index contributed by atoms with van der Waals surface area (Å²) in [6.45, 7) is 11.4. The molecule has 0 radical (unpaired) electrons. The molecule has 2 N–H and O–H groups in total. The fraction of sp³-hybridized carbons (Fsp3) is 0.480. The van der Waals surface area contributed by atoms with Crippen LogP contribution in [-0.4, -0.2) is 49.8 Å². The molecule has 2 atom stereocenters. The van der Waals surface area contributed by atoms with Crippen LogP contribution in [0.15, 0.2) is 53.5 Å². The van der Waals surface area contributed by atoms with Crippen LogP contribution in [0.25, 0.3) is 0 Å². The average Bonchev–Trinajstić information content (AvgIpc) is 2.76. The Morgan fingerprint density at radius 1 is 1.03 bits per heavy atom. The Morgan fingerprint density at radius 3 is 2.34 bits per heavy atom. The molecule has 0 aromatic heterocycles. The molecule has 0 spiro atoms. The summed E-state index contributed by atoms with van der Waals surface area (Å²) >= 11 is 0. The lowest BCUT2D eigenvalue weighted by Gasteiger charge is -2.35. The number of methoxy groups -OCH3 is 1. The lowest BCUT2D eigenvalue weighted by molar-refractivity contribution is -0.0704. The molecule has 3 rings (SSSR count). The monoisotopic (exact) mass is 552 g/mol. The molecule has 0 aliphatic carbocycles. The van der Waals surface area contributed by atoms with E-state index >= 15 is 0 Å². The summed E-state index contributed by atoms with van der Waals surface area (Å²) in [5.41, 5.74) is 3.63. The largest absolute Gasteiger partial charge is 0.496 e. The minimum atomic E-state index is 0. The SMILES string of the molecule is CCNC(=NCc1ccc(CN2CC(C)OC(C)C2)cc1)NCc1ccccc1OC.I. The second-order valence-electron chi connectivity index (χ2n) is 8.13. The van der Waals surface area contributed by atoms with Crippen molar-refractivity contribution in [1.82, 2.24) is 15.5 Å². The highest BCUT2D eigenvalue weighted by Crippen LogP contribution is 2.17. The molecule has 0 saturated carbocycles. The Labute approximate surface area is 209 Å². The minimum absolute atomic E-state index is 0. The van der Waals surface area contributed by atoms with E-state index in [1.807, 2.05) is 18.2 Å². The van der Waals surface area contributed by atoms with Gasteiger partial charge in [0.05, 0.1) is 25.9 Å². The number of nitrogens with zero attached hydrogens (tertiary/aromatic N) is 2. The first kappa shape index (κ1) is 26.4. The van der Waals surface area contributed by atoms with Crippen molar-refractivity contribution in [1.29, 1.82) is 0 Å². The summed E-state index contributed by atoms with van der Waals surface area (Å²) < 4.78 is 11.3. The molecule has 2 aromatic carbocycles. The van der Waals surface area contributed by atoms with E-state index in [0.29, 0.717) is 25.3 Å². The van der Waals surface area contributed by atoms with Crippen LogP contribution >= 0.6 is 24.0 Å². The van der Waals surface area contributed by atoms with Gasteiger partial charge in [-0.15, -0.1) is 24.0 Å². The number of hydrogen-bond donors (Lipinski definition) is 2. The van der Waals surface area contributed by atoms with Gasteiger partial charge >= 0.3 is 0 Å². The molecule has 2 unspecified atom stereocenters. The molecule has 1 aliphatic heterocycles. The number of halogens is 1. The number of rotatable bonds is 8. The van der Waals surface area contributed by atoms with E-state index < -0.39 is 0 Å². The van der Waals surface area contributed by atoms with E-state index in [-0.39, 0.29) is 24.0 Å². The Balaban J connectivity index is 0.00000363. The number of para-hydroxylation sites is 1. The van der Waals surface area contributed by atoms with E-state index in [9.17, 15) is 0 Å². The first-order valence-corrected chi connectivity index (χ1v) is 11.2. The predicted octanol–water partition coefficient (Wildman–Crippen LogP) is 4.18. The van der Waals surface area contributed by atoms with Gasteiger partial charge < -0.3 is 20.1 Å². The molecular weight excluding hydrogens is 515 g/mol. The van der Waals surface area contributed by atoms with E-state index in [0.717, 1.165) is 43.5 Å². The highest BCUT2D eigenvalue weighted by atomic mass is 127. The average molecular weight is 553 g/mol. The van der Waals surface area contributed by atoms with Crippen LogP contribution in [0.4, 0.5) is 0 Å². The van der Waals surface area contributed by atoms with Crippen LogP contribution in [0, 0.1) is 0 Å². The molecule has 1 aliphatic rings. The number of hydrogen-bond acceptors (Lipinski definition) is 4. The van der Waals surface area contributed by atoms with Gasteiger partial charge in [0.15, 0.2) is 5.96 Å². The summed E-state index contributed by atoms with van der Waals surface area (Å²) in [4.78, 5) is 7.22. The highest BCUT2D eigenvalue weighted by Gasteiger charge is 2.21. The van der Waals surface area contributed by atoms with E-state index in [2.05, 4.69) is 66.6 Å². The third-order valence-corrected chi connectivity index (χ3v) is 5.33. The smallest absolute Gasteiger partial charge is 0.191 e. The zero-order chi connectivity index (χ0) is 22.1. The van der Waals surface area contributed by atoms with Gasteiger partial charge in [0.2, 0.25) is 0 Å². The number of benzene rings is 2. The summed E-state index contributed by atoms with van der Waals surface area (Å²) in [7, 11) is 1.70. The van der Waals surface area contributed by atoms with Gasteiger partial charge in [-0.3, -0.25) is 4.90 Å². The maximum Gasteiger partial charge on any atom is 0.191 e. The number of morpholine rings is 1. The van der Waals surface area contributed by atoms with Crippen molar-refractivity contribution in [3.63, 3.8) is 0 Å². The van der Waals surface area contributed by atoms with Crippen molar-refractivity contribution in [3.8, 4) is 5.75 Å². The predicted molar refractivity (Wildman–Crippen MR) is 142 cm³/mol. The Morgan fingerprint density at radius 2 is 1.69 bits per heavy atom. The molecule has 1 saturated heterocycles. The summed E-state index contributed by atoms with van der Waals surface area (Å²) in [5, 5.41) is 6.71. The maximum absolute atomic E-state index is 5.83. The fourth-order valence-corrected chi connectivity index (χ4v) is 3.96. The molecule has 7 heteroatoms. The van der Waals surface area contributed by atoms with Gasteiger partial charge in [0, 0.05) is 38.3 Å². The second-order valence-corrected chi connectivity index (χ2v) is 8.13. The maximum atomic E-state index is 5.83. The highest BCUT2D eigenvalue weighted by molar-refractivity contribution is 14.0. The third kappa shape index (κ3) is 8.26. The van der Waals surface area contributed by atoms with Gasteiger partial charge in [-0.25, -0.2) is 4.99 Å². The van der Waals surface area contributed by atoms with Crippen LogP contribution in [0.3, 0.4) is 0 Å². The molecule has 0 bridgehead atoms. The van der Waals surface area contributed by atoms with Crippen LogP contribution in [0.5, 0.6) is 5.75 Å². The van der Waals surface area contributed by atoms with Crippen molar-refractivity contribution in [2.75, 3.05) is 26.7 Å². The van der Waals surface area contributed by atoms with Crippen molar-refractivity contribution < 1.29 is 9.47 Å². The van der Waals surface area contributed by atoms with Crippen LogP contribution in [-0.2, 0) is 24.4 Å². The number of ether oxygens (including phenoxy) is 2. The molecule has 2 aromatic rings. The first-order chi connectivity index (χ1) is 15.1. The van der Waals surface area contributed by atoms with Crippen LogP contribution in [0.2, 0.25) is 0 Å². The first-order valence-electron chi connectivity index (χ1n) is 11.2. The van der Waals surface area contributed by atoms with Gasteiger partial charge in [0.1, 0.15) is 5.75 Å². The van der Waals surface area contributed by atoms with Gasteiger partial charge in [0.25, 0.3) is 0 Å². The van der Waals surface area contributed by atoms with Crippen molar-refractivity contribution >= 4 is 29.9 Å². The Bertz CT molecular complexity index is 834. The molecule has 6 nitrogen and oxygen atoms in total. The standard InChI is InChI=1S/C25H36N4O2.HI/c1-5-26-25(28-15-23-8-6-7-9-24(23)30-4)27-14-21-10-12-22(13-11-21)18-29-16-19(2)31-20(3)17-29;/h6-13,19-20H,5,14-18H2,1-4H3,(H2,26,27,28);1H. The zero-order valence-corrected chi connectivity index (χ0v) is 22.0. The van der Waals surface area contributed by atoms with E-state index in [1.165, 1.54) is 11.1 Å². The second kappa shape index (κ2) is 13.6. The van der Waals surface area contributed by atoms with Crippen LogP contribution < -0.4 is 15.4 Å². The Hall–Kier alpha value is -1.84. The van der Waals surface area contributed by atoms with Gasteiger partial charge in [-0.05, 0) is 38.0 Å². The topological polar surface area (TPSA) is 58.1 Å². The van der Waals surface area contributed by atoms with Crippen molar-refractivity contribution in [2.45, 2.75) is 52.6 Å². The molecule has 1 heterocycles. The lowest BCUT2D eigenvalue weighted by atomic mass is 10.1. The zero-order valence-electron chi connectivity index (χ0n) is 19.6. The third-order valence-electron chi connectivity index (χ3n) is 5.33. The van der Waals surface area contributed by atoms with Gasteiger partial charge in [-0.1, -0.05) is 42.5 Å². The minimum Gasteiger partial charge on any atom is -0.496 e. The summed E-state index contributed by atoms with van der Waals surface area (Å²) in [6.07, 6.45) is 0.593. The number of aliphatic imine (C=N–C) groups is 1. The summed E-state index contributed by atoms with van der Waals surface area (Å²) in [6, 6.07) is 16.8. The molecule has 1 fully saturated rings. The fourth-order valence-electron chi connectivity index (χ4n) is 3.96. The summed E-state index contributed by atoms with van der Waals surface area (Å²) in [5.74, 6) is 1.68. The van der Waals surface area contributed by atoms with Gasteiger partial charge in [-0.2, -0.15) is 0 Å². The van der Waals surface area contributed by atoms with Crippen molar-refractivity contribution in [2.24, 2.45) is 4.99 Å². The quantitative estimate of drug-likeness (QED) is 0.293. The van der Waals surface area contributed by atoms with E-state index in [1.54, 1.807) is 7.11 Å². The Kier molecular flexibility index (Phi) is 11.3. The number of nitrogens with one attached hydrogen (secondary N) is 2. The van der Waals surface area contributed by atoms with Crippen LogP contribution in [0.1, 0.15) is 37.5 Å². The molecule has 176 valence electrons. The molecular formula is C25H37IN4O2. The van der Waals surface area contributed by atoms with Crippen molar-refractivity contribution in [3.05, 3.63) is 65.2 Å². The molecule has 0 amide bonds. The normalized spacial score (nSPS) is 19.2. The number of guanidine groups is 1. The van der Waals surface area contributed by atoms with E-state index in [4.69, 9.17) is 14.5 Å². The lowest BCUT2D eigenvalue weighted by Crippen LogP contribution is -2.44.